The van der Waals surface area contributed by atoms with E-state index in [1.165, 1.54) is 18.4 Å². The van der Waals surface area contributed by atoms with Crippen molar-refractivity contribution in [2.45, 2.75) is 58.9 Å². The lowest BCUT2D eigenvalue weighted by molar-refractivity contribution is -0.117. The highest BCUT2D eigenvalue weighted by molar-refractivity contribution is 5.96. The predicted octanol–water partition coefficient (Wildman–Crippen LogP) is 6.66. The van der Waals surface area contributed by atoms with Crippen molar-refractivity contribution in [1.82, 2.24) is 10.3 Å². The number of anilines is 2. The van der Waals surface area contributed by atoms with Gasteiger partial charge in [0.2, 0.25) is 5.91 Å². The Morgan fingerprint density at radius 2 is 2.05 bits per heavy atom. The number of nitrogens with one attached hydrogen (secondary N) is 2. The number of nitrogens with zero attached hydrogens (tertiary/aromatic N) is 3. The monoisotopic (exact) mass is 525 g/mol. The molecule has 0 spiro atoms. The third-order valence-electron chi connectivity index (χ3n) is 7.13. The largest absolute Gasteiger partial charge is 0.370 e. The van der Waals surface area contributed by atoms with Crippen LogP contribution in [0.3, 0.4) is 0 Å². The highest BCUT2D eigenvalue weighted by atomic mass is 16.2. The van der Waals surface area contributed by atoms with Gasteiger partial charge in [0.15, 0.2) is 0 Å². The van der Waals surface area contributed by atoms with E-state index in [0.29, 0.717) is 12.4 Å². The van der Waals surface area contributed by atoms with E-state index in [1.54, 1.807) is 0 Å². The SMILES string of the molecule is C\C=C/C=C(\C=C/C)C(NCCC/C1=C/C=C\C(C#N)/C=C\C1)C(=O)Nc1ccc(N2CCC(C)CC2)cn1. The minimum absolute atomic E-state index is 0.130. The van der Waals surface area contributed by atoms with E-state index >= 15 is 0 Å². The minimum Gasteiger partial charge on any atom is -0.370 e. The van der Waals surface area contributed by atoms with Gasteiger partial charge in [-0.2, -0.15) is 5.26 Å². The summed E-state index contributed by atoms with van der Waals surface area (Å²) in [5.74, 6) is 1.05. The number of hydrogen-bond acceptors (Lipinski definition) is 5. The Balaban J connectivity index is 1.63. The fourth-order valence-electron chi connectivity index (χ4n) is 4.76. The lowest BCUT2D eigenvalue weighted by Gasteiger charge is -2.31. The number of rotatable bonds is 11. The maximum atomic E-state index is 13.5. The molecule has 1 saturated heterocycles. The van der Waals surface area contributed by atoms with Gasteiger partial charge < -0.3 is 15.5 Å². The van der Waals surface area contributed by atoms with Gasteiger partial charge in [-0.05, 0) is 76.1 Å². The molecule has 1 aliphatic carbocycles. The van der Waals surface area contributed by atoms with E-state index in [1.807, 2.05) is 80.8 Å². The molecule has 1 amide bonds. The Hall–Kier alpha value is -3.69. The standard InChI is InChI=1S/C33H43N5O/c1-4-6-16-29(10-5-2)32(35-21-9-15-27-11-7-13-28(24-34)14-8-12-27)33(39)37-31-18-17-30(25-36-31)38-22-19-26(3)20-23-38/h4-8,10-11,13-14,16-18,25-26,28,32,35H,9,12,15,19-23H2,1-3H3,(H,36,37,39)/b6-4-,10-5-,13-7-,14-8-,27-11+,29-16+. The number of aromatic nitrogens is 1. The highest BCUT2D eigenvalue weighted by Gasteiger charge is 2.22. The van der Waals surface area contributed by atoms with Crippen LogP contribution >= 0.6 is 0 Å². The summed E-state index contributed by atoms with van der Waals surface area (Å²) in [5, 5.41) is 15.6. The summed E-state index contributed by atoms with van der Waals surface area (Å²) in [5.41, 5.74) is 3.31. The van der Waals surface area contributed by atoms with Crippen LogP contribution in [0, 0.1) is 23.2 Å². The van der Waals surface area contributed by atoms with Gasteiger partial charge in [-0.1, -0.05) is 73.3 Å². The number of carbonyl (C=O) groups excluding carboxylic acids is 1. The number of carbonyl (C=O) groups is 1. The third kappa shape index (κ3) is 9.85. The molecule has 1 aliphatic heterocycles. The Morgan fingerprint density at radius 3 is 2.74 bits per heavy atom. The molecule has 1 aromatic heterocycles. The lowest BCUT2D eigenvalue weighted by Crippen LogP contribution is -2.42. The fourth-order valence-corrected chi connectivity index (χ4v) is 4.76. The van der Waals surface area contributed by atoms with Gasteiger partial charge in [-0.15, -0.1) is 0 Å². The summed E-state index contributed by atoms with van der Waals surface area (Å²) in [7, 11) is 0. The first kappa shape index (κ1) is 29.9. The number of nitriles is 1. The van der Waals surface area contributed by atoms with Gasteiger partial charge >= 0.3 is 0 Å². The second kappa shape index (κ2) is 16.3. The first-order chi connectivity index (χ1) is 19.0. The molecule has 0 radical (unpaired) electrons. The summed E-state index contributed by atoms with van der Waals surface area (Å²) >= 11 is 0. The van der Waals surface area contributed by atoms with Crippen LogP contribution in [-0.2, 0) is 4.79 Å². The predicted molar refractivity (Wildman–Crippen MR) is 162 cm³/mol. The van der Waals surface area contributed by atoms with E-state index in [2.05, 4.69) is 45.7 Å². The molecule has 3 rings (SSSR count). The molecular weight excluding hydrogens is 482 g/mol. The number of pyridine rings is 1. The van der Waals surface area contributed by atoms with Crippen molar-refractivity contribution in [2.75, 3.05) is 29.9 Å². The first-order valence-electron chi connectivity index (χ1n) is 14.2. The average Bonchev–Trinajstić information content (AvgIpc) is 2.93. The van der Waals surface area contributed by atoms with E-state index in [4.69, 9.17) is 5.26 Å². The average molecular weight is 526 g/mol. The van der Waals surface area contributed by atoms with Gasteiger partial charge in [0.1, 0.15) is 11.9 Å². The van der Waals surface area contributed by atoms with Crippen LogP contribution in [0.15, 0.2) is 90.2 Å². The van der Waals surface area contributed by atoms with Crippen molar-refractivity contribution in [3.05, 3.63) is 90.2 Å². The molecule has 2 unspecified atom stereocenters. The van der Waals surface area contributed by atoms with Crippen molar-refractivity contribution in [3.8, 4) is 6.07 Å². The smallest absolute Gasteiger partial charge is 0.247 e. The molecule has 0 aromatic carbocycles. The summed E-state index contributed by atoms with van der Waals surface area (Å²) in [6.45, 7) is 9.01. The van der Waals surface area contributed by atoms with Crippen molar-refractivity contribution in [2.24, 2.45) is 11.8 Å². The number of piperidine rings is 1. The van der Waals surface area contributed by atoms with E-state index in [0.717, 1.165) is 49.5 Å². The quantitative estimate of drug-likeness (QED) is 0.192. The molecule has 0 saturated carbocycles. The van der Waals surface area contributed by atoms with Crippen molar-refractivity contribution in [1.29, 1.82) is 5.26 Å². The number of amides is 1. The second-order valence-electron chi connectivity index (χ2n) is 10.2. The van der Waals surface area contributed by atoms with Crippen LogP contribution < -0.4 is 15.5 Å². The maximum absolute atomic E-state index is 13.5. The second-order valence-corrected chi connectivity index (χ2v) is 10.2. The van der Waals surface area contributed by atoms with Gasteiger partial charge in [-0.25, -0.2) is 4.98 Å². The van der Waals surface area contributed by atoms with Crippen molar-refractivity contribution < 1.29 is 4.79 Å². The molecule has 1 fully saturated rings. The molecular formula is C33H43N5O. The molecule has 2 heterocycles. The minimum atomic E-state index is -0.509. The first-order valence-corrected chi connectivity index (χ1v) is 14.2. The van der Waals surface area contributed by atoms with E-state index in [-0.39, 0.29) is 11.8 Å². The summed E-state index contributed by atoms with van der Waals surface area (Å²) < 4.78 is 0. The van der Waals surface area contributed by atoms with Gasteiger partial charge in [-0.3, -0.25) is 4.79 Å². The third-order valence-corrected chi connectivity index (χ3v) is 7.13. The lowest BCUT2D eigenvalue weighted by atomic mass is 9.99. The van der Waals surface area contributed by atoms with Crippen LogP contribution in [0.5, 0.6) is 0 Å². The molecule has 206 valence electrons. The van der Waals surface area contributed by atoms with Gasteiger partial charge in [0, 0.05) is 13.1 Å². The van der Waals surface area contributed by atoms with Crippen LogP contribution in [0.25, 0.3) is 0 Å². The maximum Gasteiger partial charge on any atom is 0.247 e. The van der Waals surface area contributed by atoms with E-state index in [9.17, 15) is 4.79 Å². The van der Waals surface area contributed by atoms with Crippen LogP contribution in [0.2, 0.25) is 0 Å². The normalized spacial score (nSPS) is 22.5. The Morgan fingerprint density at radius 1 is 1.23 bits per heavy atom. The number of hydrogen-bond donors (Lipinski definition) is 2. The van der Waals surface area contributed by atoms with Crippen LogP contribution in [0.4, 0.5) is 11.5 Å². The van der Waals surface area contributed by atoms with E-state index < -0.39 is 6.04 Å². The van der Waals surface area contributed by atoms with Crippen LogP contribution in [0.1, 0.15) is 52.9 Å². The van der Waals surface area contributed by atoms with Crippen molar-refractivity contribution >= 4 is 17.4 Å². The molecule has 2 aliphatic rings. The molecule has 2 atom stereocenters. The highest BCUT2D eigenvalue weighted by Crippen LogP contribution is 2.23. The Labute approximate surface area is 234 Å². The van der Waals surface area contributed by atoms with Gasteiger partial charge in [0.05, 0.1) is 23.9 Å². The zero-order valence-electron chi connectivity index (χ0n) is 23.6. The summed E-state index contributed by atoms with van der Waals surface area (Å²) in [6.07, 6.45) is 26.8. The van der Waals surface area contributed by atoms with Crippen molar-refractivity contribution in [3.63, 3.8) is 0 Å². The molecule has 6 heteroatoms. The summed E-state index contributed by atoms with van der Waals surface area (Å²) in [6, 6.07) is 5.70. The molecule has 2 N–H and O–H groups in total. The zero-order chi connectivity index (χ0) is 27.9. The Kier molecular flexibility index (Phi) is 12.5. The number of allylic oxidation sites excluding steroid dienone is 10. The molecule has 1 aromatic rings. The fraction of sp³-hybridized carbons (Fsp3) is 0.424. The topological polar surface area (TPSA) is 81.0 Å². The summed E-state index contributed by atoms with van der Waals surface area (Å²) in [4.78, 5) is 20.4. The molecule has 39 heavy (non-hydrogen) atoms. The Bertz CT molecular complexity index is 1140. The molecule has 6 nitrogen and oxygen atoms in total. The molecule has 0 bridgehead atoms. The van der Waals surface area contributed by atoms with Gasteiger partial charge in [0.25, 0.3) is 0 Å². The zero-order valence-corrected chi connectivity index (χ0v) is 23.6. The van der Waals surface area contributed by atoms with Crippen LogP contribution in [-0.4, -0.2) is 36.6 Å².